The maximum absolute atomic E-state index is 12.1. The highest BCUT2D eigenvalue weighted by molar-refractivity contribution is 6.19. The monoisotopic (exact) mass is 267 g/mol. The van der Waals surface area contributed by atoms with Crippen molar-refractivity contribution in [1.29, 1.82) is 0 Å². The van der Waals surface area contributed by atoms with E-state index in [1.165, 1.54) is 0 Å². The van der Waals surface area contributed by atoms with Crippen LogP contribution < -0.4 is 10.1 Å². The van der Waals surface area contributed by atoms with Crippen LogP contribution in [0.2, 0.25) is 0 Å². The Hall–Kier alpha value is -1.22. The minimum atomic E-state index is -0.183. The summed E-state index contributed by atoms with van der Waals surface area (Å²) in [5.74, 6) is 1.21. The lowest BCUT2D eigenvalue weighted by Crippen LogP contribution is -2.55. The van der Waals surface area contributed by atoms with Gasteiger partial charge in [0.1, 0.15) is 5.75 Å². The van der Waals surface area contributed by atoms with E-state index in [9.17, 15) is 4.79 Å². The number of benzene rings is 1. The third kappa shape index (κ3) is 2.78. The molecular weight excluding hydrogens is 250 g/mol. The third-order valence-electron chi connectivity index (χ3n) is 3.37. The average Bonchev–Trinajstić information content (AvgIpc) is 2.35. The van der Waals surface area contributed by atoms with Crippen molar-refractivity contribution >= 4 is 17.5 Å². The van der Waals surface area contributed by atoms with Gasteiger partial charge in [0.15, 0.2) is 0 Å². The second-order valence-corrected chi connectivity index (χ2v) is 4.95. The first kappa shape index (κ1) is 13.2. The molecule has 1 fully saturated rings. The molecule has 98 valence electrons. The third-order valence-corrected chi connectivity index (χ3v) is 3.88. The molecule has 1 aromatic carbocycles. The normalized spacial score (nSPS) is 16.8. The molecular formula is C14H18ClNO2. The summed E-state index contributed by atoms with van der Waals surface area (Å²) in [5.41, 5.74) is 0.465. The Morgan fingerprint density at radius 1 is 1.39 bits per heavy atom. The predicted molar refractivity (Wildman–Crippen MR) is 72.4 cm³/mol. The molecule has 0 aliphatic heterocycles. The minimum absolute atomic E-state index is 0.0570. The molecule has 1 aromatic rings. The molecule has 0 radical (unpaired) electrons. The Labute approximate surface area is 112 Å². The number of ether oxygens (including phenoxy) is 1. The lowest BCUT2D eigenvalue weighted by molar-refractivity contribution is 0.0854. The fraction of sp³-hybridized carbons (Fsp3) is 0.500. The van der Waals surface area contributed by atoms with Crippen LogP contribution in [0.25, 0.3) is 0 Å². The van der Waals surface area contributed by atoms with E-state index < -0.39 is 0 Å². The van der Waals surface area contributed by atoms with Crippen molar-refractivity contribution < 1.29 is 9.53 Å². The van der Waals surface area contributed by atoms with Crippen LogP contribution in [-0.4, -0.2) is 23.9 Å². The van der Waals surface area contributed by atoms with Crippen molar-refractivity contribution in [3.05, 3.63) is 29.8 Å². The van der Waals surface area contributed by atoms with Crippen LogP contribution in [0.3, 0.4) is 0 Å². The first-order valence-electron chi connectivity index (χ1n) is 6.30. The van der Waals surface area contributed by atoms with Gasteiger partial charge >= 0.3 is 0 Å². The average molecular weight is 268 g/mol. The number of halogens is 1. The molecule has 0 spiro atoms. The van der Waals surface area contributed by atoms with Gasteiger partial charge in [-0.05, 0) is 50.5 Å². The summed E-state index contributed by atoms with van der Waals surface area (Å²) in [6, 6.07) is 7.18. The van der Waals surface area contributed by atoms with Gasteiger partial charge in [0, 0.05) is 11.4 Å². The molecule has 1 aliphatic carbocycles. The minimum Gasteiger partial charge on any atom is -0.494 e. The fourth-order valence-corrected chi connectivity index (χ4v) is 2.41. The van der Waals surface area contributed by atoms with Crippen LogP contribution in [0.4, 0.5) is 0 Å². The number of carbonyl (C=O) groups is 1. The van der Waals surface area contributed by atoms with E-state index >= 15 is 0 Å². The van der Waals surface area contributed by atoms with E-state index in [0.717, 1.165) is 25.0 Å². The lowest BCUT2D eigenvalue weighted by atomic mass is 9.78. The molecule has 0 unspecified atom stereocenters. The number of carbonyl (C=O) groups excluding carboxylic acids is 1. The molecule has 1 N–H and O–H groups in total. The van der Waals surface area contributed by atoms with E-state index in [0.29, 0.717) is 18.1 Å². The van der Waals surface area contributed by atoms with Gasteiger partial charge in [-0.1, -0.05) is 0 Å². The zero-order valence-corrected chi connectivity index (χ0v) is 11.3. The van der Waals surface area contributed by atoms with E-state index in [2.05, 4.69) is 5.32 Å². The number of hydrogen-bond acceptors (Lipinski definition) is 2. The van der Waals surface area contributed by atoms with E-state index in [1.807, 2.05) is 19.1 Å². The van der Waals surface area contributed by atoms with E-state index in [1.54, 1.807) is 12.1 Å². The summed E-state index contributed by atoms with van der Waals surface area (Å²) in [7, 11) is 0. The first-order valence-corrected chi connectivity index (χ1v) is 6.84. The maximum Gasteiger partial charge on any atom is 0.251 e. The summed E-state index contributed by atoms with van der Waals surface area (Å²) < 4.78 is 5.34. The van der Waals surface area contributed by atoms with Crippen LogP contribution in [-0.2, 0) is 0 Å². The van der Waals surface area contributed by atoms with Gasteiger partial charge in [-0.15, -0.1) is 11.6 Å². The number of nitrogens with one attached hydrogen (secondary N) is 1. The quantitative estimate of drug-likeness (QED) is 0.833. The zero-order valence-electron chi connectivity index (χ0n) is 10.5. The van der Waals surface area contributed by atoms with Gasteiger partial charge in [-0.3, -0.25) is 4.79 Å². The van der Waals surface area contributed by atoms with Gasteiger partial charge in [0.25, 0.3) is 5.91 Å². The maximum atomic E-state index is 12.1. The highest BCUT2D eigenvalue weighted by Gasteiger charge is 2.37. The number of amides is 1. The van der Waals surface area contributed by atoms with Gasteiger partial charge in [-0.2, -0.15) is 0 Å². The number of rotatable bonds is 5. The van der Waals surface area contributed by atoms with Crippen molar-refractivity contribution in [3.63, 3.8) is 0 Å². The van der Waals surface area contributed by atoms with Gasteiger partial charge in [0.2, 0.25) is 0 Å². The van der Waals surface area contributed by atoms with Crippen molar-refractivity contribution in [2.75, 3.05) is 12.5 Å². The molecule has 4 heteroatoms. The van der Waals surface area contributed by atoms with Crippen LogP contribution in [0, 0.1) is 0 Å². The van der Waals surface area contributed by atoms with Crippen LogP contribution in [0.1, 0.15) is 36.5 Å². The molecule has 0 heterocycles. The molecule has 1 aliphatic rings. The molecule has 18 heavy (non-hydrogen) atoms. The van der Waals surface area contributed by atoms with Crippen molar-refractivity contribution in [1.82, 2.24) is 5.32 Å². The zero-order chi connectivity index (χ0) is 13.0. The second-order valence-electron chi connectivity index (χ2n) is 4.68. The van der Waals surface area contributed by atoms with E-state index in [-0.39, 0.29) is 11.4 Å². The predicted octanol–water partition coefficient (Wildman–Crippen LogP) is 2.98. The van der Waals surface area contributed by atoms with Crippen molar-refractivity contribution in [3.8, 4) is 5.75 Å². The highest BCUT2D eigenvalue weighted by Crippen LogP contribution is 2.33. The Balaban J connectivity index is 2.00. The van der Waals surface area contributed by atoms with Crippen LogP contribution in [0.5, 0.6) is 5.75 Å². The standard InChI is InChI=1S/C14H18ClNO2/c1-2-18-12-6-4-11(5-7-12)13(17)16-14(10-15)8-3-9-14/h4-7H,2-3,8-10H2,1H3,(H,16,17). The molecule has 0 aromatic heterocycles. The number of alkyl halides is 1. The summed E-state index contributed by atoms with van der Waals surface area (Å²) in [5, 5.41) is 3.04. The summed E-state index contributed by atoms with van der Waals surface area (Å²) >= 11 is 5.92. The van der Waals surface area contributed by atoms with Gasteiger partial charge < -0.3 is 10.1 Å². The van der Waals surface area contributed by atoms with Gasteiger partial charge in [0.05, 0.1) is 12.1 Å². The Kier molecular flexibility index (Phi) is 4.12. The Morgan fingerprint density at radius 2 is 2.06 bits per heavy atom. The van der Waals surface area contributed by atoms with Gasteiger partial charge in [-0.25, -0.2) is 0 Å². The summed E-state index contributed by atoms with van der Waals surface area (Å²) in [4.78, 5) is 12.1. The second kappa shape index (κ2) is 5.61. The molecule has 1 amide bonds. The lowest BCUT2D eigenvalue weighted by Gasteiger charge is -2.41. The molecule has 0 bridgehead atoms. The fourth-order valence-electron chi connectivity index (χ4n) is 2.08. The first-order chi connectivity index (χ1) is 8.69. The van der Waals surface area contributed by atoms with Crippen LogP contribution >= 0.6 is 11.6 Å². The SMILES string of the molecule is CCOc1ccc(C(=O)NC2(CCl)CCC2)cc1. The number of hydrogen-bond donors (Lipinski definition) is 1. The Bertz CT molecular complexity index is 407. The summed E-state index contributed by atoms with van der Waals surface area (Å²) in [6.45, 7) is 2.56. The van der Waals surface area contributed by atoms with Crippen molar-refractivity contribution in [2.24, 2.45) is 0 Å². The topological polar surface area (TPSA) is 38.3 Å². The molecule has 0 saturated heterocycles. The van der Waals surface area contributed by atoms with E-state index in [4.69, 9.17) is 16.3 Å². The smallest absolute Gasteiger partial charge is 0.251 e. The van der Waals surface area contributed by atoms with Crippen LogP contribution in [0.15, 0.2) is 24.3 Å². The summed E-state index contributed by atoms with van der Waals surface area (Å²) in [6.07, 6.45) is 3.08. The van der Waals surface area contributed by atoms with Crippen molar-refractivity contribution in [2.45, 2.75) is 31.7 Å². The molecule has 0 atom stereocenters. The molecule has 1 saturated carbocycles. The largest absolute Gasteiger partial charge is 0.494 e. The highest BCUT2D eigenvalue weighted by atomic mass is 35.5. The Morgan fingerprint density at radius 3 is 2.50 bits per heavy atom. The molecule has 2 rings (SSSR count). The molecule has 3 nitrogen and oxygen atoms in total.